The number of nitrogens with one attached hydrogen (secondary N) is 1. The van der Waals surface area contributed by atoms with Crippen LogP contribution in [0.15, 0.2) is 65.7 Å². The topological polar surface area (TPSA) is 24.4 Å². The Morgan fingerprint density at radius 3 is 1.94 bits per heavy atom. The van der Waals surface area contributed by atoms with Crippen LogP contribution in [0.5, 0.6) is 0 Å². The Bertz CT molecular complexity index is 862. The molecule has 0 spiro atoms. The number of rotatable bonds is 2. The minimum absolute atomic E-state index is 0.111. The summed E-state index contributed by atoms with van der Waals surface area (Å²) in [6.07, 6.45) is -5.46. The van der Waals surface area contributed by atoms with Gasteiger partial charge in [-0.3, -0.25) is 10.3 Å². The average Bonchev–Trinajstić information content (AvgIpc) is 2.80. The molecule has 2 aliphatic rings. The highest BCUT2D eigenvalue weighted by Gasteiger charge is 2.42. The fraction of sp³-hybridized carbons (Fsp3) is 0.458. The molecule has 2 aliphatic heterocycles. The van der Waals surface area contributed by atoms with Gasteiger partial charge in [0.15, 0.2) is 0 Å². The van der Waals surface area contributed by atoms with Crippen LogP contribution in [-0.4, -0.2) is 30.1 Å². The normalized spacial score (nSPS) is 24.2. The highest BCUT2D eigenvalue weighted by molar-refractivity contribution is 6.01. The van der Waals surface area contributed by atoms with Crippen molar-refractivity contribution in [1.29, 1.82) is 0 Å². The maximum atomic E-state index is 12.6. The molecule has 3 unspecified atom stereocenters. The molecule has 2 aromatic carbocycles. The highest BCUT2D eigenvalue weighted by Crippen LogP contribution is 2.33. The summed E-state index contributed by atoms with van der Waals surface area (Å²) in [7, 11) is 0. The molecule has 2 nitrogen and oxygen atoms in total. The van der Waals surface area contributed by atoms with Gasteiger partial charge in [0.05, 0.1) is 0 Å². The number of alkyl halides is 6. The van der Waals surface area contributed by atoms with Crippen LogP contribution in [0.25, 0.3) is 0 Å². The Morgan fingerprint density at radius 1 is 0.719 bits per heavy atom. The van der Waals surface area contributed by atoms with Crippen LogP contribution in [0.1, 0.15) is 55.7 Å². The van der Waals surface area contributed by atoms with Crippen molar-refractivity contribution in [2.45, 2.75) is 69.0 Å². The monoisotopic (exact) mass is 456 g/mol. The Morgan fingerprint density at radius 2 is 1.34 bits per heavy atom. The molecular weight excluding hydrogens is 430 g/mol. The summed E-state index contributed by atoms with van der Waals surface area (Å²) in [5.74, 6) is 0. The lowest BCUT2D eigenvalue weighted by molar-refractivity contribution is -0.163. The van der Waals surface area contributed by atoms with Crippen molar-refractivity contribution >= 4 is 5.71 Å². The fourth-order valence-electron chi connectivity index (χ4n) is 4.01. The number of hydrogen-bond donors (Lipinski definition) is 1. The summed E-state index contributed by atoms with van der Waals surface area (Å²) >= 11 is 0. The largest absolute Gasteiger partial charge is 0.410 e. The molecule has 1 N–H and O–H groups in total. The molecule has 4 rings (SSSR count). The number of piperidine rings is 1. The lowest BCUT2D eigenvalue weighted by atomic mass is 9.93. The smallest absolute Gasteiger partial charge is 0.299 e. The van der Waals surface area contributed by atoms with Gasteiger partial charge in [0.2, 0.25) is 0 Å². The van der Waals surface area contributed by atoms with Gasteiger partial charge < -0.3 is 0 Å². The molecule has 0 saturated carbocycles. The predicted molar refractivity (Wildman–Crippen MR) is 113 cm³/mol. The molecule has 0 amide bonds. The maximum absolute atomic E-state index is 12.6. The van der Waals surface area contributed by atoms with E-state index in [1.165, 1.54) is 0 Å². The van der Waals surface area contributed by atoms with Gasteiger partial charge in [0, 0.05) is 11.8 Å². The number of nitrogens with zero attached hydrogens (tertiary/aromatic N) is 1. The van der Waals surface area contributed by atoms with E-state index in [0.29, 0.717) is 25.0 Å². The van der Waals surface area contributed by atoms with Crippen molar-refractivity contribution < 1.29 is 26.3 Å². The van der Waals surface area contributed by atoms with Crippen LogP contribution < -0.4 is 5.32 Å². The maximum Gasteiger partial charge on any atom is 0.410 e. The van der Waals surface area contributed by atoms with Crippen molar-refractivity contribution in [3.05, 3.63) is 71.8 Å². The van der Waals surface area contributed by atoms with Crippen LogP contribution in [0.2, 0.25) is 0 Å². The average molecular weight is 456 g/mol. The summed E-state index contributed by atoms with van der Waals surface area (Å²) in [6.45, 7) is 0. The zero-order valence-corrected chi connectivity index (χ0v) is 17.5. The van der Waals surface area contributed by atoms with Gasteiger partial charge in [-0.15, -0.1) is 0 Å². The molecule has 0 aromatic heterocycles. The van der Waals surface area contributed by atoms with E-state index >= 15 is 0 Å². The van der Waals surface area contributed by atoms with E-state index in [1.54, 1.807) is 12.1 Å². The van der Waals surface area contributed by atoms with Gasteiger partial charge in [0.25, 0.3) is 0 Å². The number of benzene rings is 2. The third-order valence-electron chi connectivity index (χ3n) is 5.67. The van der Waals surface area contributed by atoms with Crippen molar-refractivity contribution in [2.24, 2.45) is 4.99 Å². The van der Waals surface area contributed by atoms with E-state index < -0.39 is 24.4 Å². The molecule has 2 heterocycles. The number of halogens is 6. The minimum Gasteiger partial charge on any atom is -0.299 e. The van der Waals surface area contributed by atoms with Crippen LogP contribution in [-0.2, 0) is 0 Å². The van der Waals surface area contributed by atoms with Gasteiger partial charge in [-0.05, 0) is 49.7 Å². The molecule has 8 heteroatoms. The Balaban J connectivity index is 0.000000181. The van der Waals surface area contributed by atoms with Gasteiger partial charge in [-0.25, -0.2) is 0 Å². The third kappa shape index (κ3) is 6.82. The molecule has 0 aliphatic carbocycles. The van der Waals surface area contributed by atoms with Gasteiger partial charge in [-0.2, -0.15) is 26.3 Å². The Kier molecular flexibility index (Phi) is 7.98. The zero-order chi connectivity index (χ0) is 23.2. The standard InChI is InChI=1S/C12H14F3N.C12H12F3N/c2*13-12(14,15)11-8-4-7-10(16-11)9-5-2-1-3-6-9/h1-3,5-6,10-11,16H,4,7-8H2;1-3,5-6,11H,4,7-8H2. The van der Waals surface area contributed by atoms with Crippen molar-refractivity contribution in [1.82, 2.24) is 5.32 Å². The molecule has 174 valence electrons. The molecule has 0 radical (unpaired) electrons. The summed E-state index contributed by atoms with van der Waals surface area (Å²) in [5.41, 5.74) is 2.32. The molecule has 1 saturated heterocycles. The second-order valence-corrected chi connectivity index (χ2v) is 8.05. The molecule has 1 fully saturated rings. The zero-order valence-electron chi connectivity index (χ0n) is 17.5. The molecule has 2 aromatic rings. The summed E-state index contributed by atoms with van der Waals surface area (Å²) < 4.78 is 75.3. The van der Waals surface area contributed by atoms with E-state index in [1.807, 2.05) is 48.5 Å². The summed E-state index contributed by atoms with van der Waals surface area (Å²) in [6, 6.07) is 15.4. The van der Waals surface area contributed by atoms with Crippen LogP contribution in [0, 0.1) is 0 Å². The highest BCUT2D eigenvalue weighted by atomic mass is 19.4. The second-order valence-electron chi connectivity index (χ2n) is 8.05. The van der Waals surface area contributed by atoms with E-state index in [0.717, 1.165) is 17.5 Å². The summed E-state index contributed by atoms with van der Waals surface area (Å²) in [4.78, 5) is 3.81. The van der Waals surface area contributed by atoms with E-state index in [9.17, 15) is 26.3 Å². The van der Waals surface area contributed by atoms with Crippen molar-refractivity contribution in [2.75, 3.05) is 0 Å². The van der Waals surface area contributed by atoms with Crippen molar-refractivity contribution in [3.63, 3.8) is 0 Å². The SMILES string of the molecule is FC(F)(F)C1CCCC(c2ccccc2)=N1.FC(F)(F)C1CCCC(c2ccccc2)N1. The predicted octanol–water partition coefficient (Wildman–Crippen LogP) is 7.02. The Hall–Kier alpha value is -2.35. The van der Waals surface area contributed by atoms with E-state index in [4.69, 9.17) is 0 Å². The quantitative estimate of drug-likeness (QED) is 0.483. The van der Waals surface area contributed by atoms with Crippen LogP contribution in [0.3, 0.4) is 0 Å². The van der Waals surface area contributed by atoms with Gasteiger partial charge >= 0.3 is 12.4 Å². The molecule has 32 heavy (non-hydrogen) atoms. The second kappa shape index (κ2) is 10.5. The molecule has 0 bridgehead atoms. The third-order valence-corrected chi connectivity index (χ3v) is 5.67. The first-order valence-electron chi connectivity index (χ1n) is 10.7. The Labute approximate surface area is 183 Å². The minimum atomic E-state index is -4.21. The van der Waals surface area contributed by atoms with E-state index in [2.05, 4.69) is 10.3 Å². The van der Waals surface area contributed by atoms with Gasteiger partial charge in [0.1, 0.15) is 12.1 Å². The van der Waals surface area contributed by atoms with Crippen LogP contribution >= 0.6 is 0 Å². The number of aliphatic imine (C=N–C) groups is 1. The molecular formula is C24H26F6N2. The lowest BCUT2D eigenvalue weighted by Gasteiger charge is -2.32. The lowest BCUT2D eigenvalue weighted by Crippen LogP contribution is -2.46. The first kappa shape index (κ1) is 24.3. The number of hydrogen-bond acceptors (Lipinski definition) is 2. The molecule has 3 atom stereocenters. The van der Waals surface area contributed by atoms with Gasteiger partial charge in [-0.1, -0.05) is 60.7 Å². The summed E-state index contributed by atoms with van der Waals surface area (Å²) in [5, 5.41) is 2.68. The first-order chi connectivity index (χ1) is 15.1. The fourth-order valence-corrected chi connectivity index (χ4v) is 4.01. The van der Waals surface area contributed by atoms with Crippen LogP contribution in [0.4, 0.5) is 26.3 Å². The first-order valence-corrected chi connectivity index (χ1v) is 10.7. The van der Waals surface area contributed by atoms with Crippen molar-refractivity contribution in [3.8, 4) is 0 Å². The van der Waals surface area contributed by atoms with E-state index in [-0.39, 0.29) is 18.9 Å².